The fourth-order valence-corrected chi connectivity index (χ4v) is 3.81. The van der Waals surface area contributed by atoms with Gasteiger partial charge in [-0.15, -0.1) is 17.5 Å². The molecule has 1 atom stereocenters. The van der Waals surface area contributed by atoms with E-state index in [-0.39, 0.29) is 18.3 Å². The number of hydrogen-bond donors (Lipinski definition) is 1. The van der Waals surface area contributed by atoms with Gasteiger partial charge in [-0.25, -0.2) is 4.68 Å². The second kappa shape index (κ2) is 9.47. The predicted molar refractivity (Wildman–Crippen MR) is 109 cm³/mol. The number of carbonyl (C=O) groups is 1. The fourth-order valence-electron chi connectivity index (χ4n) is 3.81. The summed E-state index contributed by atoms with van der Waals surface area (Å²) in [5.74, 6) is 1.68. The molecule has 1 aromatic carbocycles. The van der Waals surface area contributed by atoms with Gasteiger partial charge >= 0.3 is 0 Å². The number of piperidine rings is 1. The first-order valence-corrected chi connectivity index (χ1v) is 10.0. The van der Waals surface area contributed by atoms with Gasteiger partial charge < -0.3 is 10.2 Å². The lowest BCUT2D eigenvalue weighted by molar-refractivity contribution is -0.136. The van der Waals surface area contributed by atoms with E-state index in [1.165, 1.54) is 12.8 Å². The Kier molecular flexibility index (Phi) is 7.02. The van der Waals surface area contributed by atoms with E-state index in [1.807, 2.05) is 42.2 Å². The summed E-state index contributed by atoms with van der Waals surface area (Å²) in [6.07, 6.45) is 5.38. The van der Waals surface area contributed by atoms with Crippen molar-refractivity contribution >= 4 is 18.3 Å². The second-order valence-corrected chi connectivity index (χ2v) is 7.83. The molecule has 1 aromatic heterocycles. The van der Waals surface area contributed by atoms with Gasteiger partial charge in [-0.05, 0) is 61.1 Å². The molecule has 1 aliphatic heterocycles. The zero-order chi connectivity index (χ0) is 18.6. The molecule has 2 fully saturated rings. The lowest BCUT2D eigenvalue weighted by Crippen LogP contribution is -2.48. The van der Waals surface area contributed by atoms with Gasteiger partial charge in [-0.3, -0.25) is 4.79 Å². The monoisotopic (exact) mass is 404 g/mol. The fraction of sp³-hybridized carbons (Fsp3) is 0.600. The van der Waals surface area contributed by atoms with Crippen LogP contribution in [0.5, 0.6) is 0 Å². The van der Waals surface area contributed by atoms with Crippen LogP contribution in [0, 0.1) is 12.8 Å². The average Bonchev–Trinajstić information content (AvgIpc) is 3.45. The summed E-state index contributed by atoms with van der Waals surface area (Å²) in [5, 5.41) is 15.5. The molecule has 7 nitrogen and oxygen atoms in total. The van der Waals surface area contributed by atoms with Gasteiger partial charge in [0.2, 0.25) is 5.91 Å². The maximum atomic E-state index is 13.3. The number of aromatic nitrogens is 4. The molecule has 1 saturated heterocycles. The van der Waals surface area contributed by atoms with Crippen molar-refractivity contribution in [1.29, 1.82) is 0 Å². The van der Waals surface area contributed by atoms with Crippen molar-refractivity contribution in [2.45, 2.75) is 51.1 Å². The second-order valence-electron chi connectivity index (χ2n) is 7.83. The maximum Gasteiger partial charge on any atom is 0.247 e. The number of benzene rings is 1. The third kappa shape index (κ3) is 5.08. The first-order chi connectivity index (χ1) is 13.2. The van der Waals surface area contributed by atoms with Crippen molar-refractivity contribution in [3.8, 4) is 0 Å². The number of tetrazole rings is 1. The van der Waals surface area contributed by atoms with Crippen LogP contribution >= 0.6 is 12.4 Å². The molecule has 0 bridgehead atoms. The minimum Gasteiger partial charge on any atom is -0.341 e. The summed E-state index contributed by atoms with van der Waals surface area (Å²) in [6.45, 7) is 4.58. The Morgan fingerprint density at radius 2 is 1.89 bits per heavy atom. The highest BCUT2D eigenvalue weighted by atomic mass is 35.5. The molecule has 1 amide bonds. The standard InChI is InChI=1S/C20H28N6O.ClH/c1-15-22-23-24-26(15)19(13-16-5-3-2-4-6-16)20(27)25-11-9-18(10-12-25)21-14-17-7-8-17;/h2-6,17-19,21H,7-14H2,1H3;1H. The number of amides is 1. The van der Waals surface area contributed by atoms with Crippen molar-refractivity contribution in [1.82, 2.24) is 30.4 Å². The van der Waals surface area contributed by atoms with Gasteiger partial charge in [0, 0.05) is 25.6 Å². The van der Waals surface area contributed by atoms with E-state index in [1.54, 1.807) is 4.68 Å². The van der Waals surface area contributed by atoms with Gasteiger partial charge in [0.15, 0.2) is 0 Å². The van der Waals surface area contributed by atoms with Gasteiger partial charge in [-0.1, -0.05) is 30.3 Å². The quantitative estimate of drug-likeness (QED) is 0.765. The number of aryl methyl sites for hydroxylation is 1. The van der Waals surface area contributed by atoms with Crippen LogP contribution in [0.4, 0.5) is 0 Å². The van der Waals surface area contributed by atoms with Crippen LogP contribution in [-0.2, 0) is 11.2 Å². The number of halogens is 1. The van der Waals surface area contributed by atoms with Crippen molar-refractivity contribution in [2.75, 3.05) is 19.6 Å². The van der Waals surface area contributed by atoms with Crippen LogP contribution in [0.3, 0.4) is 0 Å². The minimum absolute atomic E-state index is 0. The molecule has 152 valence electrons. The van der Waals surface area contributed by atoms with Gasteiger partial charge in [0.05, 0.1) is 0 Å². The largest absolute Gasteiger partial charge is 0.341 e. The van der Waals surface area contributed by atoms with Crippen molar-refractivity contribution < 1.29 is 4.79 Å². The number of nitrogens with one attached hydrogen (secondary N) is 1. The van der Waals surface area contributed by atoms with E-state index < -0.39 is 6.04 Å². The molecule has 2 aromatic rings. The third-order valence-corrected chi connectivity index (χ3v) is 5.71. The van der Waals surface area contributed by atoms with Crippen LogP contribution in [-0.4, -0.2) is 56.7 Å². The van der Waals surface area contributed by atoms with E-state index in [0.29, 0.717) is 18.3 Å². The van der Waals surface area contributed by atoms with Crippen LogP contribution in [0.2, 0.25) is 0 Å². The smallest absolute Gasteiger partial charge is 0.247 e. The maximum absolute atomic E-state index is 13.3. The van der Waals surface area contributed by atoms with Gasteiger partial charge in [0.25, 0.3) is 0 Å². The lowest BCUT2D eigenvalue weighted by atomic mass is 10.0. The lowest BCUT2D eigenvalue weighted by Gasteiger charge is -2.34. The Hall–Kier alpha value is -1.99. The molecule has 0 spiro atoms. The zero-order valence-corrected chi connectivity index (χ0v) is 17.1. The molecule has 1 saturated carbocycles. The molecule has 2 heterocycles. The highest BCUT2D eigenvalue weighted by molar-refractivity contribution is 5.85. The Bertz CT molecular complexity index is 755. The van der Waals surface area contributed by atoms with Crippen molar-refractivity contribution in [2.24, 2.45) is 5.92 Å². The SMILES string of the molecule is Cc1nnnn1C(Cc1ccccc1)C(=O)N1CCC(NCC2CC2)CC1.Cl. The van der Waals surface area contributed by atoms with E-state index in [4.69, 9.17) is 0 Å². The molecule has 8 heteroatoms. The summed E-state index contributed by atoms with van der Waals surface area (Å²) in [6, 6.07) is 10.2. The van der Waals surface area contributed by atoms with Crippen molar-refractivity contribution in [3.63, 3.8) is 0 Å². The number of carbonyl (C=O) groups excluding carboxylic acids is 1. The molecule has 0 radical (unpaired) electrons. The summed E-state index contributed by atoms with van der Waals surface area (Å²) < 4.78 is 1.67. The topological polar surface area (TPSA) is 75.9 Å². The highest BCUT2D eigenvalue weighted by Gasteiger charge is 2.31. The van der Waals surface area contributed by atoms with E-state index in [2.05, 4.69) is 20.8 Å². The van der Waals surface area contributed by atoms with Crippen LogP contribution in [0.25, 0.3) is 0 Å². The molecule has 1 aliphatic carbocycles. The summed E-state index contributed by atoms with van der Waals surface area (Å²) in [4.78, 5) is 15.3. The molecule has 4 rings (SSSR count). The number of nitrogens with zero attached hydrogens (tertiary/aromatic N) is 5. The summed E-state index contributed by atoms with van der Waals surface area (Å²) in [5.41, 5.74) is 1.12. The molecular formula is C20H29ClN6O. The molecule has 2 aliphatic rings. The number of rotatable bonds is 7. The number of likely N-dealkylation sites (tertiary alicyclic amines) is 1. The number of hydrogen-bond acceptors (Lipinski definition) is 5. The average molecular weight is 405 g/mol. The molecule has 1 N–H and O–H groups in total. The van der Waals surface area contributed by atoms with Crippen molar-refractivity contribution in [3.05, 3.63) is 41.7 Å². The highest BCUT2D eigenvalue weighted by Crippen LogP contribution is 2.28. The van der Waals surface area contributed by atoms with E-state index in [9.17, 15) is 4.79 Å². The van der Waals surface area contributed by atoms with Crippen LogP contribution in [0.15, 0.2) is 30.3 Å². The summed E-state index contributed by atoms with van der Waals surface area (Å²) in [7, 11) is 0. The normalized spacial score (nSPS) is 18.5. The Labute approximate surface area is 172 Å². The Morgan fingerprint density at radius 3 is 2.50 bits per heavy atom. The van der Waals surface area contributed by atoms with Crippen LogP contribution in [0.1, 0.15) is 43.1 Å². The predicted octanol–water partition coefficient (Wildman–Crippen LogP) is 2.18. The van der Waals surface area contributed by atoms with Crippen LogP contribution < -0.4 is 5.32 Å². The molecule has 28 heavy (non-hydrogen) atoms. The Morgan fingerprint density at radius 1 is 1.18 bits per heavy atom. The Balaban J connectivity index is 0.00000225. The first kappa shape index (κ1) is 20.7. The van der Waals surface area contributed by atoms with Gasteiger partial charge in [0.1, 0.15) is 11.9 Å². The minimum atomic E-state index is -0.390. The van der Waals surface area contributed by atoms with E-state index >= 15 is 0 Å². The molecule has 1 unspecified atom stereocenters. The third-order valence-electron chi connectivity index (χ3n) is 5.71. The van der Waals surface area contributed by atoms with E-state index in [0.717, 1.165) is 44.0 Å². The summed E-state index contributed by atoms with van der Waals surface area (Å²) >= 11 is 0. The molecular weight excluding hydrogens is 376 g/mol. The first-order valence-electron chi connectivity index (χ1n) is 10.0. The zero-order valence-electron chi connectivity index (χ0n) is 16.3. The van der Waals surface area contributed by atoms with Gasteiger partial charge in [-0.2, -0.15) is 0 Å².